The van der Waals surface area contributed by atoms with Crippen LogP contribution >= 0.6 is 0 Å². The van der Waals surface area contributed by atoms with Crippen molar-refractivity contribution in [2.75, 3.05) is 27.7 Å². The fourth-order valence-electron chi connectivity index (χ4n) is 4.11. The van der Waals surface area contributed by atoms with Gasteiger partial charge < -0.3 is 19.7 Å². The fraction of sp³-hybridized carbons (Fsp3) is 0.259. The summed E-state index contributed by atoms with van der Waals surface area (Å²) < 4.78 is 10.9. The summed E-state index contributed by atoms with van der Waals surface area (Å²) in [6.07, 6.45) is 0.191. The van der Waals surface area contributed by atoms with Crippen LogP contribution in [0.5, 0.6) is 5.75 Å². The van der Waals surface area contributed by atoms with Crippen LogP contribution in [0, 0.1) is 0 Å². The van der Waals surface area contributed by atoms with E-state index in [4.69, 9.17) is 9.47 Å². The Morgan fingerprint density at radius 1 is 1.09 bits per heavy atom. The number of likely N-dealkylation sites (N-methyl/N-ethyl adjacent to an activating group) is 1. The lowest BCUT2D eigenvalue weighted by Gasteiger charge is -2.26. The molecule has 6 heteroatoms. The third kappa shape index (κ3) is 5.07. The summed E-state index contributed by atoms with van der Waals surface area (Å²) in [5.41, 5.74) is 3.90. The zero-order chi connectivity index (χ0) is 23.4. The molecule has 0 radical (unpaired) electrons. The fourth-order valence-corrected chi connectivity index (χ4v) is 4.11. The van der Waals surface area contributed by atoms with Crippen LogP contribution < -0.4 is 10.1 Å². The van der Waals surface area contributed by atoms with E-state index in [2.05, 4.69) is 10.2 Å². The molecule has 0 aliphatic carbocycles. The first-order chi connectivity index (χ1) is 16.0. The van der Waals surface area contributed by atoms with E-state index in [1.165, 1.54) is 0 Å². The Balaban J connectivity index is 1.48. The molecule has 4 rings (SSSR count). The SMILES string of the molecule is COc1ccc([C@@H](CNC(=O)c2ccc3c(c2)C[C@H](c2ccccc2)OC3=O)N(C)C)cc1. The summed E-state index contributed by atoms with van der Waals surface area (Å²) in [6, 6.07) is 22.7. The van der Waals surface area contributed by atoms with Gasteiger partial charge >= 0.3 is 5.97 Å². The minimum atomic E-state index is -0.357. The summed E-state index contributed by atoms with van der Waals surface area (Å²) >= 11 is 0. The average Bonchev–Trinajstić information content (AvgIpc) is 2.84. The lowest BCUT2D eigenvalue weighted by Crippen LogP contribution is -2.34. The van der Waals surface area contributed by atoms with E-state index in [1.807, 2.05) is 68.7 Å². The van der Waals surface area contributed by atoms with E-state index in [1.54, 1.807) is 25.3 Å². The van der Waals surface area contributed by atoms with Gasteiger partial charge in [-0.1, -0.05) is 42.5 Å². The second-order valence-corrected chi connectivity index (χ2v) is 8.34. The van der Waals surface area contributed by atoms with Crippen LogP contribution in [0.15, 0.2) is 72.8 Å². The summed E-state index contributed by atoms with van der Waals surface area (Å²) in [5.74, 6) is 0.263. The van der Waals surface area contributed by atoms with Gasteiger partial charge in [-0.05, 0) is 61.1 Å². The molecule has 1 aliphatic rings. The Labute approximate surface area is 194 Å². The molecule has 1 N–H and O–H groups in total. The highest BCUT2D eigenvalue weighted by Gasteiger charge is 2.28. The third-order valence-corrected chi connectivity index (χ3v) is 5.99. The second-order valence-electron chi connectivity index (χ2n) is 8.34. The first-order valence-corrected chi connectivity index (χ1v) is 10.9. The summed E-state index contributed by atoms with van der Waals surface area (Å²) in [6.45, 7) is 0.448. The number of benzene rings is 3. The number of nitrogens with zero attached hydrogens (tertiary/aromatic N) is 1. The highest BCUT2D eigenvalue weighted by Crippen LogP contribution is 2.31. The Bertz CT molecular complexity index is 1130. The van der Waals surface area contributed by atoms with Crippen molar-refractivity contribution in [3.63, 3.8) is 0 Å². The Morgan fingerprint density at radius 3 is 2.48 bits per heavy atom. The normalized spacial score (nSPS) is 16.0. The van der Waals surface area contributed by atoms with Gasteiger partial charge in [-0.15, -0.1) is 0 Å². The summed E-state index contributed by atoms with van der Waals surface area (Å²) in [7, 11) is 5.60. The number of rotatable bonds is 7. The molecule has 1 aliphatic heterocycles. The van der Waals surface area contributed by atoms with Crippen molar-refractivity contribution in [1.29, 1.82) is 0 Å². The Kier molecular flexibility index (Phi) is 6.75. The number of carbonyl (C=O) groups excluding carboxylic acids is 2. The number of esters is 1. The van der Waals surface area contributed by atoms with Gasteiger partial charge in [0.1, 0.15) is 11.9 Å². The molecular formula is C27H28N2O4. The molecule has 0 fully saturated rings. The second kappa shape index (κ2) is 9.88. The zero-order valence-corrected chi connectivity index (χ0v) is 19.1. The third-order valence-electron chi connectivity index (χ3n) is 5.99. The number of methoxy groups -OCH3 is 1. The van der Waals surface area contributed by atoms with E-state index in [-0.39, 0.29) is 24.0 Å². The van der Waals surface area contributed by atoms with Crippen molar-refractivity contribution in [1.82, 2.24) is 10.2 Å². The molecule has 3 aromatic rings. The number of fused-ring (bicyclic) bond motifs is 1. The molecule has 1 heterocycles. The van der Waals surface area contributed by atoms with Crippen molar-refractivity contribution >= 4 is 11.9 Å². The number of cyclic esters (lactones) is 1. The molecule has 0 saturated carbocycles. The predicted molar refractivity (Wildman–Crippen MR) is 126 cm³/mol. The number of hydrogen-bond acceptors (Lipinski definition) is 5. The smallest absolute Gasteiger partial charge is 0.339 e. The molecule has 170 valence electrons. The first-order valence-electron chi connectivity index (χ1n) is 10.9. The Hall–Kier alpha value is -3.64. The molecular weight excluding hydrogens is 416 g/mol. The van der Waals surface area contributed by atoms with Crippen molar-refractivity contribution in [3.05, 3.63) is 101 Å². The van der Waals surface area contributed by atoms with Crippen LogP contribution in [-0.4, -0.2) is 44.5 Å². The molecule has 0 saturated heterocycles. The highest BCUT2D eigenvalue weighted by atomic mass is 16.5. The van der Waals surface area contributed by atoms with Crippen LogP contribution in [0.2, 0.25) is 0 Å². The van der Waals surface area contributed by atoms with Crippen molar-refractivity contribution in [2.24, 2.45) is 0 Å². The van der Waals surface area contributed by atoms with Gasteiger partial charge in [0.25, 0.3) is 5.91 Å². The molecule has 0 unspecified atom stereocenters. The molecule has 33 heavy (non-hydrogen) atoms. The lowest BCUT2D eigenvalue weighted by molar-refractivity contribution is 0.0252. The predicted octanol–water partition coefficient (Wildman–Crippen LogP) is 4.18. The van der Waals surface area contributed by atoms with Gasteiger partial charge in [0, 0.05) is 18.5 Å². The van der Waals surface area contributed by atoms with Crippen LogP contribution in [0.3, 0.4) is 0 Å². The average molecular weight is 445 g/mol. The lowest BCUT2D eigenvalue weighted by atomic mass is 9.93. The van der Waals surface area contributed by atoms with Gasteiger partial charge in [0.2, 0.25) is 0 Å². The van der Waals surface area contributed by atoms with Gasteiger partial charge in [-0.3, -0.25) is 4.79 Å². The molecule has 0 bridgehead atoms. The maximum absolute atomic E-state index is 13.0. The van der Waals surface area contributed by atoms with Crippen LogP contribution in [0.25, 0.3) is 0 Å². The molecule has 0 aromatic heterocycles. The highest BCUT2D eigenvalue weighted by molar-refractivity contribution is 5.97. The minimum absolute atomic E-state index is 0.00919. The summed E-state index contributed by atoms with van der Waals surface area (Å²) in [4.78, 5) is 27.5. The van der Waals surface area contributed by atoms with Crippen LogP contribution in [0.1, 0.15) is 49.6 Å². The Morgan fingerprint density at radius 2 is 1.82 bits per heavy atom. The molecule has 6 nitrogen and oxygen atoms in total. The first kappa shape index (κ1) is 22.6. The van der Waals surface area contributed by atoms with E-state index in [0.29, 0.717) is 24.1 Å². The number of carbonyl (C=O) groups is 2. The molecule has 2 atom stereocenters. The number of hydrogen-bond donors (Lipinski definition) is 1. The monoisotopic (exact) mass is 444 g/mol. The van der Waals surface area contributed by atoms with Gasteiger partial charge in [0.15, 0.2) is 0 Å². The van der Waals surface area contributed by atoms with E-state index in [0.717, 1.165) is 22.4 Å². The van der Waals surface area contributed by atoms with Crippen molar-refractivity contribution in [2.45, 2.75) is 18.6 Å². The standard InChI is InChI=1S/C27H28N2O4/c1-29(2)24(18-9-12-22(32-3)13-10-18)17-28-26(30)20-11-14-23-21(15-20)16-25(33-27(23)31)19-7-5-4-6-8-19/h4-15,24-25H,16-17H2,1-3H3,(H,28,30)/t24-,25-/m1/s1. The van der Waals surface area contributed by atoms with Gasteiger partial charge in [-0.25, -0.2) is 4.79 Å². The van der Waals surface area contributed by atoms with Crippen molar-refractivity contribution < 1.29 is 19.1 Å². The summed E-state index contributed by atoms with van der Waals surface area (Å²) in [5, 5.41) is 3.04. The van der Waals surface area contributed by atoms with E-state index >= 15 is 0 Å². The molecule has 0 spiro atoms. The maximum atomic E-state index is 13.0. The largest absolute Gasteiger partial charge is 0.497 e. The topological polar surface area (TPSA) is 67.9 Å². The number of ether oxygens (including phenoxy) is 2. The van der Waals surface area contributed by atoms with Crippen LogP contribution in [-0.2, 0) is 11.2 Å². The van der Waals surface area contributed by atoms with Gasteiger partial charge in [-0.2, -0.15) is 0 Å². The molecule has 1 amide bonds. The van der Waals surface area contributed by atoms with E-state index < -0.39 is 0 Å². The van der Waals surface area contributed by atoms with E-state index in [9.17, 15) is 9.59 Å². The van der Waals surface area contributed by atoms with Crippen molar-refractivity contribution in [3.8, 4) is 5.75 Å². The minimum Gasteiger partial charge on any atom is -0.497 e. The number of amides is 1. The van der Waals surface area contributed by atoms with Gasteiger partial charge in [0.05, 0.1) is 18.7 Å². The molecule has 3 aromatic carbocycles. The number of nitrogens with one attached hydrogen (secondary N) is 1. The quantitative estimate of drug-likeness (QED) is 0.554. The van der Waals surface area contributed by atoms with Crippen LogP contribution in [0.4, 0.5) is 0 Å². The maximum Gasteiger partial charge on any atom is 0.339 e. The zero-order valence-electron chi connectivity index (χ0n) is 19.1.